The number of amidine groups is 1. The molecular weight excluding hydrogens is 392 g/mol. The number of hydrogen-bond donors (Lipinski definition) is 1. The molecule has 1 aliphatic heterocycles. The normalized spacial score (nSPS) is 17.4. The average Bonchev–Trinajstić information content (AvgIpc) is 3.01. The van der Waals surface area contributed by atoms with Crippen molar-refractivity contribution in [3.8, 4) is 0 Å². The Hall–Kier alpha value is -3.15. The van der Waals surface area contributed by atoms with Gasteiger partial charge in [-0.05, 0) is 17.7 Å². The second kappa shape index (κ2) is 9.69. The number of carbonyl (C=O) groups excluding carboxylic acids is 3. The molecule has 12 heteroatoms. The molecule has 2 N–H and O–H groups in total. The number of non-ortho nitro benzene ring substituents is 1. The van der Waals surface area contributed by atoms with Gasteiger partial charge in [-0.1, -0.05) is 16.9 Å². The fourth-order valence-electron chi connectivity index (χ4n) is 2.37. The van der Waals surface area contributed by atoms with Crippen LogP contribution < -0.4 is 5.73 Å². The second-order valence-corrected chi connectivity index (χ2v) is 7.25. The monoisotopic (exact) mass is 410 g/mol. The van der Waals surface area contributed by atoms with E-state index in [-0.39, 0.29) is 41.5 Å². The first-order valence-corrected chi connectivity index (χ1v) is 8.96. The first kappa shape index (κ1) is 21.2. The van der Waals surface area contributed by atoms with Crippen molar-refractivity contribution in [2.75, 3.05) is 13.2 Å². The van der Waals surface area contributed by atoms with E-state index in [1.807, 2.05) is 0 Å². The van der Waals surface area contributed by atoms with Crippen LogP contribution in [-0.2, 0) is 25.8 Å². The summed E-state index contributed by atoms with van der Waals surface area (Å²) in [5.41, 5.74) is 5.47. The Labute approximate surface area is 164 Å². The zero-order valence-corrected chi connectivity index (χ0v) is 15.7. The molecule has 1 atom stereocenters. The highest BCUT2D eigenvalue weighted by Crippen LogP contribution is 2.26. The first-order valence-electron chi connectivity index (χ1n) is 8.08. The van der Waals surface area contributed by atoms with Crippen LogP contribution in [0, 0.1) is 10.1 Å². The van der Waals surface area contributed by atoms with E-state index in [0.717, 1.165) is 11.8 Å². The van der Waals surface area contributed by atoms with E-state index >= 15 is 0 Å². The number of carbonyl (C=O) groups is 3. The van der Waals surface area contributed by atoms with Gasteiger partial charge in [0.05, 0.1) is 4.92 Å². The number of nitrogens with zero attached hydrogens (tertiary/aromatic N) is 3. The summed E-state index contributed by atoms with van der Waals surface area (Å²) in [5.74, 6) is -0.502. The van der Waals surface area contributed by atoms with Crippen molar-refractivity contribution >= 4 is 40.4 Å². The lowest BCUT2D eigenvalue weighted by atomic mass is 10.2. The highest BCUT2D eigenvalue weighted by atomic mass is 32.2. The number of ether oxygens (including phenoxy) is 1. The van der Waals surface area contributed by atoms with Gasteiger partial charge in [0, 0.05) is 37.3 Å². The van der Waals surface area contributed by atoms with Crippen LogP contribution in [0.15, 0.2) is 29.4 Å². The molecule has 0 unspecified atom stereocenters. The molecular formula is C16H18N4O7S. The molecule has 1 saturated heterocycles. The third-order valence-electron chi connectivity index (χ3n) is 3.55. The molecule has 0 bridgehead atoms. The number of thioether (sulfide) groups is 1. The van der Waals surface area contributed by atoms with Gasteiger partial charge in [0.1, 0.15) is 6.61 Å². The van der Waals surface area contributed by atoms with E-state index in [9.17, 15) is 24.5 Å². The molecule has 1 aromatic carbocycles. The number of rotatable bonds is 7. The lowest BCUT2D eigenvalue weighted by molar-refractivity contribution is -0.384. The fourth-order valence-corrected chi connectivity index (χ4v) is 3.30. The maximum absolute atomic E-state index is 12.4. The predicted molar refractivity (Wildman–Crippen MR) is 99.2 cm³/mol. The third kappa shape index (κ3) is 6.23. The van der Waals surface area contributed by atoms with Crippen LogP contribution in [0.5, 0.6) is 0 Å². The molecule has 0 spiro atoms. The van der Waals surface area contributed by atoms with E-state index in [0.29, 0.717) is 5.56 Å². The molecule has 0 aromatic heterocycles. The van der Waals surface area contributed by atoms with Gasteiger partial charge in [0.2, 0.25) is 0 Å². The van der Waals surface area contributed by atoms with Crippen molar-refractivity contribution in [3.63, 3.8) is 0 Å². The van der Waals surface area contributed by atoms with Crippen molar-refractivity contribution in [2.45, 2.75) is 25.2 Å². The van der Waals surface area contributed by atoms with E-state index < -0.39 is 23.5 Å². The summed E-state index contributed by atoms with van der Waals surface area (Å²) >= 11 is 1.07. The van der Waals surface area contributed by atoms with E-state index in [4.69, 9.17) is 15.3 Å². The van der Waals surface area contributed by atoms with Crippen LogP contribution >= 0.6 is 11.8 Å². The number of hydrogen-bond acceptors (Lipinski definition) is 9. The topological polar surface area (TPSA) is 154 Å². The molecule has 1 fully saturated rings. The molecule has 150 valence electrons. The number of oxime groups is 1. The van der Waals surface area contributed by atoms with Crippen molar-refractivity contribution in [3.05, 3.63) is 39.9 Å². The lowest BCUT2D eigenvalue weighted by Gasteiger charge is -2.16. The van der Waals surface area contributed by atoms with Crippen LogP contribution in [0.25, 0.3) is 0 Å². The summed E-state index contributed by atoms with van der Waals surface area (Å²) < 4.78 is 5.22. The SMILES string of the molecule is CC(=O)S[C@H]1C/C(=N\OCC(N)=O)N(C(=O)OCc2ccc([N+](=O)[O-])cc2)C1. The molecule has 1 aromatic rings. The molecule has 28 heavy (non-hydrogen) atoms. The maximum Gasteiger partial charge on any atom is 0.415 e. The number of nitrogens with two attached hydrogens (primary N) is 1. The highest BCUT2D eigenvalue weighted by Gasteiger charge is 2.35. The summed E-state index contributed by atoms with van der Waals surface area (Å²) in [4.78, 5) is 50.6. The Morgan fingerprint density at radius 3 is 2.61 bits per heavy atom. The Bertz CT molecular complexity index is 797. The minimum Gasteiger partial charge on any atom is -0.444 e. The van der Waals surface area contributed by atoms with Gasteiger partial charge in [-0.2, -0.15) is 0 Å². The zero-order chi connectivity index (χ0) is 20.7. The predicted octanol–water partition coefficient (Wildman–Crippen LogP) is 1.40. The maximum atomic E-state index is 12.4. The molecule has 2 rings (SSSR count). The molecule has 0 radical (unpaired) electrons. The van der Waals surface area contributed by atoms with Gasteiger partial charge in [0.15, 0.2) is 17.6 Å². The average molecular weight is 410 g/mol. The standard InChI is InChI=1S/C16H18N4O7S/c1-10(21)28-13-6-15(18-27-9-14(17)22)19(7-13)16(23)26-8-11-2-4-12(5-3-11)20(24)25/h2-5,13H,6-9H2,1H3,(H2,17,22)/b18-15+/t13-/m0/s1. The summed E-state index contributed by atoms with van der Waals surface area (Å²) in [6.07, 6.45) is -0.443. The number of primary amides is 1. The van der Waals surface area contributed by atoms with Gasteiger partial charge in [-0.15, -0.1) is 0 Å². The zero-order valence-electron chi connectivity index (χ0n) is 14.9. The molecule has 1 aliphatic rings. The van der Waals surface area contributed by atoms with Gasteiger partial charge in [-0.25, -0.2) is 4.79 Å². The first-order chi connectivity index (χ1) is 13.3. The molecule has 2 amide bonds. The number of benzene rings is 1. The van der Waals surface area contributed by atoms with E-state index in [2.05, 4.69) is 5.16 Å². The summed E-state index contributed by atoms with van der Waals surface area (Å²) in [5, 5.41) is 14.1. The minimum atomic E-state index is -0.718. The van der Waals surface area contributed by atoms with Crippen LogP contribution in [-0.4, -0.2) is 51.2 Å². The van der Waals surface area contributed by atoms with Crippen molar-refractivity contribution in [1.29, 1.82) is 0 Å². The quantitative estimate of drug-likeness (QED) is 0.522. The number of nitro benzene ring substituents is 1. The Morgan fingerprint density at radius 2 is 2.04 bits per heavy atom. The summed E-state index contributed by atoms with van der Waals surface area (Å²) in [6.45, 7) is 1.05. The lowest BCUT2D eigenvalue weighted by Crippen LogP contribution is -2.33. The summed E-state index contributed by atoms with van der Waals surface area (Å²) in [6, 6.07) is 5.58. The fraction of sp³-hybridized carbons (Fsp3) is 0.375. The summed E-state index contributed by atoms with van der Waals surface area (Å²) in [7, 11) is 0. The van der Waals surface area contributed by atoms with Crippen molar-refractivity contribution in [2.24, 2.45) is 10.9 Å². The molecule has 0 aliphatic carbocycles. The third-order valence-corrected chi connectivity index (χ3v) is 4.53. The Morgan fingerprint density at radius 1 is 1.36 bits per heavy atom. The molecule has 11 nitrogen and oxygen atoms in total. The van der Waals surface area contributed by atoms with Crippen molar-refractivity contribution in [1.82, 2.24) is 4.90 Å². The Kier molecular flexibility index (Phi) is 7.32. The minimum absolute atomic E-state index is 0.0697. The smallest absolute Gasteiger partial charge is 0.415 e. The Balaban J connectivity index is 2.01. The largest absolute Gasteiger partial charge is 0.444 e. The molecule has 0 saturated carbocycles. The van der Waals surface area contributed by atoms with Crippen LogP contribution in [0.3, 0.4) is 0 Å². The van der Waals surface area contributed by atoms with Gasteiger partial charge < -0.3 is 15.3 Å². The van der Waals surface area contributed by atoms with Crippen LogP contribution in [0.1, 0.15) is 18.9 Å². The number of amides is 2. The van der Waals surface area contributed by atoms with Gasteiger partial charge in [0.25, 0.3) is 11.6 Å². The van der Waals surface area contributed by atoms with Crippen LogP contribution in [0.4, 0.5) is 10.5 Å². The number of likely N-dealkylation sites (tertiary alicyclic amines) is 1. The van der Waals surface area contributed by atoms with Crippen LogP contribution in [0.2, 0.25) is 0 Å². The van der Waals surface area contributed by atoms with Gasteiger partial charge in [-0.3, -0.25) is 24.6 Å². The molecule has 1 heterocycles. The van der Waals surface area contributed by atoms with E-state index in [1.54, 1.807) is 0 Å². The van der Waals surface area contributed by atoms with Crippen molar-refractivity contribution < 1.29 is 28.9 Å². The van der Waals surface area contributed by atoms with E-state index in [1.165, 1.54) is 36.1 Å². The highest BCUT2D eigenvalue weighted by molar-refractivity contribution is 8.14. The number of nitro groups is 1. The van der Waals surface area contributed by atoms with Gasteiger partial charge >= 0.3 is 6.09 Å². The second-order valence-electron chi connectivity index (χ2n) is 5.77.